The number of hydrogen-bond acceptors (Lipinski definition) is 1. The molecule has 1 heterocycles. The van der Waals surface area contributed by atoms with Gasteiger partial charge in [-0.2, -0.15) is 0 Å². The molecule has 0 saturated carbocycles. The first-order valence-corrected chi connectivity index (χ1v) is 9.75. The molecule has 0 aliphatic heterocycles. The van der Waals surface area contributed by atoms with Crippen LogP contribution in [0.15, 0.2) is 48.5 Å². The fourth-order valence-corrected chi connectivity index (χ4v) is 3.87. The van der Waals surface area contributed by atoms with Gasteiger partial charge in [0.05, 0.1) is 0 Å². The molecular formula is C24H26F2N2O. The SMILES string of the molecule is CCc1c(C)c(C(=O)N(C)Cc2ccccc2)n(Cc2ccc(F)c(F)c2)c1C. The number of halogens is 2. The average molecular weight is 396 g/mol. The number of benzene rings is 2. The zero-order valence-electron chi connectivity index (χ0n) is 17.3. The summed E-state index contributed by atoms with van der Waals surface area (Å²) in [6.45, 7) is 6.79. The maximum atomic E-state index is 13.7. The van der Waals surface area contributed by atoms with Crippen molar-refractivity contribution in [3.8, 4) is 0 Å². The molecule has 0 spiro atoms. The summed E-state index contributed by atoms with van der Waals surface area (Å²) in [7, 11) is 1.78. The second-order valence-corrected chi connectivity index (χ2v) is 7.37. The van der Waals surface area contributed by atoms with Gasteiger partial charge in [-0.25, -0.2) is 8.78 Å². The van der Waals surface area contributed by atoms with E-state index < -0.39 is 11.6 Å². The summed E-state index contributed by atoms with van der Waals surface area (Å²) in [6, 6.07) is 13.7. The van der Waals surface area contributed by atoms with Gasteiger partial charge < -0.3 is 9.47 Å². The van der Waals surface area contributed by atoms with Crippen LogP contribution in [-0.2, 0) is 19.5 Å². The number of rotatable bonds is 6. The van der Waals surface area contributed by atoms with Gasteiger partial charge >= 0.3 is 0 Å². The normalized spacial score (nSPS) is 11.0. The summed E-state index contributed by atoms with van der Waals surface area (Å²) < 4.78 is 28.9. The fourth-order valence-electron chi connectivity index (χ4n) is 3.87. The van der Waals surface area contributed by atoms with Gasteiger partial charge in [0.1, 0.15) is 5.69 Å². The number of hydrogen-bond donors (Lipinski definition) is 0. The Morgan fingerprint density at radius 2 is 1.69 bits per heavy atom. The molecular weight excluding hydrogens is 370 g/mol. The van der Waals surface area contributed by atoms with E-state index in [0.29, 0.717) is 24.3 Å². The van der Waals surface area contributed by atoms with E-state index in [4.69, 9.17) is 0 Å². The highest BCUT2D eigenvalue weighted by Gasteiger charge is 2.24. The minimum absolute atomic E-state index is 0.0864. The minimum atomic E-state index is -0.881. The van der Waals surface area contributed by atoms with Crippen molar-refractivity contribution in [1.29, 1.82) is 0 Å². The highest BCUT2D eigenvalue weighted by molar-refractivity contribution is 5.94. The lowest BCUT2D eigenvalue weighted by atomic mass is 10.1. The van der Waals surface area contributed by atoms with Crippen molar-refractivity contribution < 1.29 is 13.6 Å². The third-order valence-electron chi connectivity index (χ3n) is 5.41. The molecule has 152 valence electrons. The molecule has 3 rings (SSSR count). The van der Waals surface area contributed by atoms with Gasteiger partial charge in [-0.3, -0.25) is 4.79 Å². The minimum Gasteiger partial charge on any atom is -0.336 e. The number of amides is 1. The molecule has 5 heteroatoms. The maximum Gasteiger partial charge on any atom is 0.270 e. The third-order valence-corrected chi connectivity index (χ3v) is 5.41. The van der Waals surface area contributed by atoms with E-state index in [2.05, 4.69) is 6.92 Å². The molecule has 3 aromatic rings. The second kappa shape index (κ2) is 8.60. The van der Waals surface area contributed by atoms with Crippen molar-refractivity contribution in [2.75, 3.05) is 7.05 Å². The molecule has 0 saturated heterocycles. The first kappa shape index (κ1) is 20.8. The molecule has 0 radical (unpaired) electrons. The van der Waals surface area contributed by atoms with Crippen LogP contribution in [0.3, 0.4) is 0 Å². The predicted octanol–water partition coefficient (Wildman–Crippen LogP) is 5.27. The third kappa shape index (κ3) is 4.24. The standard InChI is InChI=1S/C24H26F2N2O/c1-5-20-16(2)23(24(29)27(4)14-18-9-7-6-8-10-18)28(17(20)3)15-19-11-12-21(25)22(26)13-19/h6-13H,5,14-15H2,1-4H3. The maximum absolute atomic E-state index is 13.7. The lowest BCUT2D eigenvalue weighted by molar-refractivity contribution is 0.0773. The van der Waals surface area contributed by atoms with Crippen molar-refractivity contribution in [3.05, 3.63) is 93.8 Å². The first-order chi connectivity index (χ1) is 13.8. The number of carbonyl (C=O) groups is 1. The van der Waals surface area contributed by atoms with Gasteiger partial charge in [0.15, 0.2) is 11.6 Å². The number of aromatic nitrogens is 1. The highest BCUT2D eigenvalue weighted by atomic mass is 19.2. The quantitative estimate of drug-likeness (QED) is 0.557. The van der Waals surface area contributed by atoms with Crippen molar-refractivity contribution in [1.82, 2.24) is 9.47 Å². The molecule has 1 amide bonds. The van der Waals surface area contributed by atoms with Gasteiger partial charge in [0.25, 0.3) is 5.91 Å². The second-order valence-electron chi connectivity index (χ2n) is 7.37. The van der Waals surface area contributed by atoms with Crippen LogP contribution in [0.25, 0.3) is 0 Å². The predicted molar refractivity (Wildman–Crippen MR) is 111 cm³/mol. The molecule has 0 bridgehead atoms. The van der Waals surface area contributed by atoms with Crippen molar-refractivity contribution in [3.63, 3.8) is 0 Å². The first-order valence-electron chi connectivity index (χ1n) is 9.75. The van der Waals surface area contributed by atoms with E-state index in [1.54, 1.807) is 18.0 Å². The van der Waals surface area contributed by atoms with Crippen molar-refractivity contribution in [2.24, 2.45) is 0 Å². The summed E-state index contributed by atoms with van der Waals surface area (Å²) in [5, 5.41) is 0. The number of carbonyl (C=O) groups excluding carboxylic acids is 1. The molecule has 0 aliphatic rings. The number of nitrogens with zero attached hydrogens (tertiary/aromatic N) is 2. The Morgan fingerprint density at radius 3 is 2.31 bits per heavy atom. The lowest BCUT2D eigenvalue weighted by Gasteiger charge is -2.20. The Balaban J connectivity index is 1.98. The van der Waals surface area contributed by atoms with E-state index in [-0.39, 0.29) is 5.91 Å². The topological polar surface area (TPSA) is 25.2 Å². The summed E-state index contributed by atoms with van der Waals surface area (Å²) in [5.74, 6) is -1.84. The molecule has 0 fully saturated rings. The van der Waals surface area contributed by atoms with Crippen molar-refractivity contribution in [2.45, 2.75) is 40.3 Å². The Labute approximate surface area is 170 Å². The van der Waals surface area contributed by atoms with Crippen LogP contribution in [0, 0.1) is 25.5 Å². The van der Waals surface area contributed by atoms with E-state index in [0.717, 1.165) is 34.9 Å². The molecule has 1 aromatic heterocycles. The Bertz CT molecular complexity index is 1030. The Kier molecular flexibility index (Phi) is 6.16. The Morgan fingerprint density at radius 1 is 1.00 bits per heavy atom. The van der Waals surface area contributed by atoms with Crippen LogP contribution in [0.1, 0.15) is 45.4 Å². The largest absolute Gasteiger partial charge is 0.336 e. The summed E-state index contributed by atoms with van der Waals surface area (Å²) in [5.41, 5.74) is 5.30. The smallest absolute Gasteiger partial charge is 0.270 e. The molecule has 29 heavy (non-hydrogen) atoms. The van der Waals surface area contributed by atoms with E-state index >= 15 is 0 Å². The summed E-state index contributed by atoms with van der Waals surface area (Å²) in [4.78, 5) is 15.0. The van der Waals surface area contributed by atoms with E-state index in [1.807, 2.05) is 48.7 Å². The average Bonchev–Trinajstić information content (AvgIpc) is 2.94. The zero-order valence-corrected chi connectivity index (χ0v) is 17.3. The van der Waals surface area contributed by atoms with Gasteiger partial charge in [-0.1, -0.05) is 43.3 Å². The van der Waals surface area contributed by atoms with Crippen LogP contribution in [0.4, 0.5) is 8.78 Å². The van der Waals surface area contributed by atoms with Crippen LogP contribution in [-0.4, -0.2) is 22.4 Å². The van der Waals surface area contributed by atoms with Gasteiger partial charge in [0.2, 0.25) is 0 Å². The fraction of sp³-hybridized carbons (Fsp3) is 0.292. The van der Waals surface area contributed by atoms with Crippen LogP contribution in [0.5, 0.6) is 0 Å². The Hall–Kier alpha value is -2.95. The monoisotopic (exact) mass is 396 g/mol. The molecule has 0 aliphatic carbocycles. The van der Waals surface area contributed by atoms with Crippen LogP contribution >= 0.6 is 0 Å². The van der Waals surface area contributed by atoms with E-state index in [1.165, 1.54) is 6.07 Å². The van der Waals surface area contributed by atoms with Gasteiger partial charge in [-0.05, 0) is 54.7 Å². The van der Waals surface area contributed by atoms with Gasteiger partial charge in [-0.15, -0.1) is 0 Å². The van der Waals surface area contributed by atoms with Gasteiger partial charge in [0, 0.05) is 25.8 Å². The van der Waals surface area contributed by atoms with Crippen LogP contribution < -0.4 is 0 Å². The molecule has 0 N–H and O–H groups in total. The summed E-state index contributed by atoms with van der Waals surface area (Å²) >= 11 is 0. The van der Waals surface area contributed by atoms with Crippen molar-refractivity contribution >= 4 is 5.91 Å². The molecule has 3 nitrogen and oxygen atoms in total. The lowest BCUT2D eigenvalue weighted by Crippen LogP contribution is -2.29. The zero-order chi connectivity index (χ0) is 21.1. The molecule has 0 unspecified atom stereocenters. The van der Waals surface area contributed by atoms with E-state index in [9.17, 15) is 13.6 Å². The molecule has 2 aromatic carbocycles. The summed E-state index contributed by atoms with van der Waals surface area (Å²) in [6.07, 6.45) is 0.797. The highest BCUT2D eigenvalue weighted by Crippen LogP contribution is 2.26. The van der Waals surface area contributed by atoms with Crippen LogP contribution in [0.2, 0.25) is 0 Å². The molecule has 0 atom stereocenters.